The van der Waals surface area contributed by atoms with Gasteiger partial charge in [0.2, 0.25) is 17.6 Å². The van der Waals surface area contributed by atoms with Crippen LogP contribution in [0.1, 0.15) is 40.0 Å². The van der Waals surface area contributed by atoms with Crippen molar-refractivity contribution in [2.24, 2.45) is 5.92 Å². The van der Waals surface area contributed by atoms with Gasteiger partial charge in [-0.15, -0.1) is 10.2 Å². The Morgan fingerprint density at radius 3 is 2.64 bits per heavy atom. The first-order valence-electron chi connectivity index (χ1n) is 13.3. The minimum Gasteiger partial charge on any atom is -0.444 e. The molecule has 1 saturated carbocycles. The zero-order valence-corrected chi connectivity index (χ0v) is 22.1. The van der Waals surface area contributed by atoms with E-state index in [9.17, 15) is 19.6 Å². The number of carbonyl (C=O) groups excluding carboxylic acids is 3. The molecule has 3 amide bonds. The smallest absolute Gasteiger partial charge is 0.408 e. The van der Waals surface area contributed by atoms with Crippen molar-refractivity contribution < 1.29 is 19.1 Å². The van der Waals surface area contributed by atoms with E-state index in [1.807, 2.05) is 29.2 Å². The molecule has 2 N–H and O–H groups in total. The van der Waals surface area contributed by atoms with Crippen LogP contribution in [0.4, 0.5) is 10.5 Å². The number of carbonyl (C=O) groups is 3. The maximum absolute atomic E-state index is 13.7. The summed E-state index contributed by atoms with van der Waals surface area (Å²) in [5.41, 5.74) is 0.841. The number of nitriles is 1. The van der Waals surface area contributed by atoms with Gasteiger partial charge < -0.3 is 19.9 Å². The number of fused-ring (bicyclic) bond motifs is 3. The number of ether oxygens (including phenoxy) is 1. The van der Waals surface area contributed by atoms with Gasteiger partial charge in [-0.3, -0.25) is 14.5 Å². The van der Waals surface area contributed by atoms with E-state index >= 15 is 0 Å². The van der Waals surface area contributed by atoms with Crippen LogP contribution in [0.2, 0.25) is 0 Å². The largest absolute Gasteiger partial charge is 0.444 e. The molecule has 13 nitrogen and oxygen atoms in total. The number of aromatic amines is 1. The summed E-state index contributed by atoms with van der Waals surface area (Å²) in [6.45, 7) is 6.00. The first-order chi connectivity index (χ1) is 18.6. The molecule has 6 rings (SSSR count). The second-order valence-electron chi connectivity index (χ2n) is 11.7. The summed E-state index contributed by atoms with van der Waals surface area (Å²) in [6, 6.07) is 7.85. The summed E-state index contributed by atoms with van der Waals surface area (Å²) in [7, 11) is 0. The minimum atomic E-state index is -0.926. The number of hydrogen-bond donors (Lipinski definition) is 2. The van der Waals surface area contributed by atoms with Gasteiger partial charge >= 0.3 is 6.09 Å². The molecule has 3 saturated heterocycles. The number of rotatable bonds is 6. The fraction of sp³-hybridized carbons (Fsp3) is 0.577. The van der Waals surface area contributed by atoms with Crippen LogP contribution in [0.15, 0.2) is 24.3 Å². The highest BCUT2D eigenvalue weighted by molar-refractivity contribution is 6.01. The van der Waals surface area contributed by atoms with Gasteiger partial charge in [-0.25, -0.2) is 4.79 Å². The Kier molecular flexibility index (Phi) is 6.02. The van der Waals surface area contributed by atoms with Crippen molar-refractivity contribution >= 4 is 23.6 Å². The Morgan fingerprint density at radius 1 is 1.23 bits per heavy atom. The van der Waals surface area contributed by atoms with E-state index in [1.54, 1.807) is 30.6 Å². The number of anilines is 1. The van der Waals surface area contributed by atoms with Gasteiger partial charge in [0.1, 0.15) is 17.7 Å². The number of piperazine rings is 1. The molecule has 4 aliphatic rings. The number of amides is 3. The van der Waals surface area contributed by atoms with Crippen molar-refractivity contribution in [2.75, 3.05) is 18.0 Å². The van der Waals surface area contributed by atoms with Gasteiger partial charge in [0.25, 0.3) is 0 Å². The SMILES string of the molecule is CC(C)(C)OC(=O)NC(CN1C[C@@H]2CC1C(=O)N2c1ccc(-c2nn[nH]n2)cc1)C(=O)N1C(C#N)CC2C[C@@H]21. The number of nitrogens with zero attached hydrogens (tertiary/aromatic N) is 7. The molecular formula is C26H31N9O4. The fourth-order valence-electron chi connectivity index (χ4n) is 6.20. The number of nitrogens with one attached hydrogen (secondary N) is 2. The van der Waals surface area contributed by atoms with Gasteiger partial charge in [0, 0.05) is 30.4 Å². The predicted octanol–water partition coefficient (Wildman–Crippen LogP) is 1.06. The third-order valence-electron chi connectivity index (χ3n) is 7.93. The number of H-pyrrole nitrogens is 1. The molecule has 4 fully saturated rings. The minimum absolute atomic E-state index is 0.0413. The molecule has 0 spiro atoms. The van der Waals surface area contributed by atoms with Crippen LogP contribution in [0.5, 0.6) is 0 Å². The third-order valence-corrected chi connectivity index (χ3v) is 7.93. The number of aromatic nitrogens is 4. The number of likely N-dealkylation sites (tertiary alicyclic amines) is 2. The van der Waals surface area contributed by atoms with Gasteiger partial charge in [-0.2, -0.15) is 10.5 Å². The normalized spacial score (nSPS) is 28.3. The van der Waals surface area contributed by atoms with Crippen molar-refractivity contribution in [1.29, 1.82) is 5.26 Å². The molecule has 1 aromatic heterocycles. The van der Waals surface area contributed by atoms with Crippen molar-refractivity contribution in [3.8, 4) is 17.5 Å². The van der Waals surface area contributed by atoms with Crippen molar-refractivity contribution in [3.63, 3.8) is 0 Å². The second kappa shape index (κ2) is 9.30. The highest BCUT2D eigenvalue weighted by Gasteiger charge is 2.56. The van der Waals surface area contributed by atoms with Gasteiger partial charge in [-0.05, 0) is 75.4 Å². The van der Waals surface area contributed by atoms with Gasteiger partial charge in [0.05, 0.1) is 18.2 Å². The molecule has 39 heavy (non-hydrogen) atoms. The summed E-state index contributed by atoms with van der Waals surface area (Å²) in [6.07, 6.45) is 1.49. The Labute approximate surface area is 225 Å². The summed E-state index contributed by atoms with van der Waals surface area (Å²) in [5, 5.41) is 26.3. The first kappa shape index (κ1) is 25.2. The third kappa shape index (κ3) is 4.69. The molecule has 4 unspecified atom stereocenters. The van der Waals surface area contributed by atoms with Crippen molar-refractivity contribution in [1.82, 2.24) is 35.7 Å². The van der Waals surface area contributed by atoms with Crippen LogP contribution in [-0.4, -0.2) is 97.2 Å². The molecular weight excluding hydrogens is 502 g/mol. The Hall–Kier alpha value is -4.05. The molecule has 2 bridgehead atoms. The molecule has 3 aliphatic heterocycles. The lowest BCUT2D eigenvalue weighted by atomic mass is 10.1. The molecule has 1 aliphatic carbocycles. The Balaban J connectivity index is 1.17. The predicted molar refractivity (Wildman–Crippen MR) is 137 cm³/mol. The highest BCUT2D eigenvalue weighted by atomic mass is 16.6. The van der Waals surface area contributed by atoms with Crippen LogP contribution < -0.4 is 10.2 Å². The highest BCUT2D eigenvalue weighted by Crippen LogP contribution is 2.48. The van der Waals surface area contributed by atoms with Crippen LogP contribution in [0.3, 0.4) is 0 Å². The molecule has 13 heteroatoms. The molecule has 2 aromatic rings. The maximum Gasteiger partial charge on any atom is 0.408 e. The van der Waals surface area contributed by atoms with E-state index in [4.69, 9.17) is 4.74 Å². The average Bonchev–Trinajstić information content (AvgIpc) is 3.32. The summed E-state index contributed by atoms with van der Waals surface area (Å²) in [4.78, 5) is 45.3. The zero-order valence-electron chi connectivity index (χ0n) is 22.1. The van der Waals surface area contributed by atoms with Crippen LogP contribution in [-0.2, 0) is 14.3 Å². The van der Waals surface area contributed by atoms with Crippen molar-refractivity contribution in [2.45, 2.75) is 75.8 Å². The summed E-state index contributed by atoms with van der Waals surface area (Å²) >= 11 is 0. The molecule has 1 aromatic carbocycles. The lowest BCUT2D eigenvalue weighted by Crippen LogP contribution is -2.59. The fourth-order valence-corrected chi connectivity index (χ4v) is 6.20. The lowest BCUT2D eigenvalue weighted by molar-refractivity contribution is -0.136. The van der Waals surface area contributed by atoms with E-state index < -0.39 is 29.8 Å². The summed E-state index contributed by atoms with van der Waals surface area (Å²) < 4.78 is 5.44. The van der Waals surface area contributed by atoms with Crippen LogP contribution >= 0.6 is 0 Å². The first-order valence-corrected chi connectivity index (χ1v) is 13.3. The van der Waals surface area contributed by atoms with E-state index in [1.165, 1.54) is 0 Å². The topological polar surface area (TPSA) is 160 Å². The van der Waals surface area contributed by atoms with Crippen molar-refractivity contribution in [3.05, 3.63) is 24.3 Å². The molecule has 204 valence electrons. The zero-order chi connectivity index (χ0) is 27.5. The summed E-state index contributed by atoms with van der Waals surface area (Å²) in [5.74, 6) is 0.497. The Bertz CT molecular complexity index is 1320. The van der Waals surface area contributed by atoms with E-state index in [0.29, 0.717) is 31.1 Å². The van der Waals surface area contributed by atoms with E-state index in [0.717, 1.165) is 17.7 Å². The molecule has 0 radical (unpaired) electrons. The second-order valence-corrected chi connectivity index (χ2v) is 11.7. The number of hydrogen-bond acceptors (Lipinski definition) is 9. The number of benzene rings is 1. The van der Waals surface area contributed by atoms with E-state index in [2.05, 4.69) is 32.0 Å². The Morgan fingerprint density at radius 2 is 2.00 bits per heavy atom. The van der Waals surface area contributed by atoms with Crippen LogP contribution in [0, 0.1) is 17.2 Å². The number of alkyl carbamates (subject to hydrolysis) is 1. The molecule has 6 atom stereocenters. The quantitative estimate of drug-likeness (QED) is 0.553. The maximum atomic E-state index is 13.7. The monoisotopic (exact) mass is 533 g/mol. The van der Waals surface area contributed by atoms with E-state index in [-0.39, 0.29) is 30.4 Å². The lowest BCUT2D eigenvalue weighted by Gasteiger charge is -2.36. The van der Waals surface area contributed by atoms with Gasteiger partial charge in [0.15, 0.2) is 0 Å². The number of piperidine rings is 1. The van der Waals surface area contributed by atoms with Crippen LogP contribution in [0.25, 0.3) is 11.4 Å². The average molecular weight is 534 g/mol. The standard InChI is InChI=1S/C26H31N9O4/c1-26(2,3)39-25(38)28-19(23(36)35-17(11-27)8-15-9-20(15)35)13-33-12-18-10-21(33)24(37)34(18)16-6-4-14(5-7-16)22-29-31-32-30-22/h4-7,15,17-21H,8-10,12-13H2,1-3H3,(H,28,38)(H,29,30,31,32)/t15?,17?,18-,19?,20-,21?/m0/s1. The van der Waals surface area contributed by atoms with Gasteiger partial charge in [-0.1, -0.05) is 0 Å². The molecule has 4 heterocycles. The number of tetrazole rings is 1.